The number of hydrogen-bond donors (Lipinski definition) is 0. The molecule has 1 nitrogen and oxygen atoms in total. The molecule has 17 heavy (non-hydrogen) atoms. The van der Waals surface area contributed by atoms with Crippen molar-refractivity contribution in [1.29, 1.82) is 0 Å². The summed E-state index contributed by atoms with van der Waals surface area (Å²) < 4.78 is 2.43. The molecule has 0 fully saturated rings. The van der Waals surface area contributed by atoms with Gasteiger partial charge in [0.2, 0.25) is 0 Å². The minimum Gasteiger partial charge on any atom is -0.260 e. The summed E-state index contributed by atoms with van der Waals surface area (Å²) in [6.45, 7) is 0. The lowest BCUT2D eigenvalue weighted by molar-refractivity contribution is 1.10. The molecule has 0 saturated carbocycles. The van der Waals surface area contributed by atoms with Crippen molar-refractivity contribution in [2.75, 3.05) is 0 Å². The van der Waals surface area contributed by atoms with Crippen molar-refractivity contribution in [3.63, 3.8) is 0 Å². The van der Waals surface area contributed by atoms with Crippen LogP contribution in [0.25, 0.3) is 10.1 Å². The van der Waals surface area contributed by atoms with E-state index in [2.05, 4.69) is 62.7 Å². The highest BCUT2D eigenvalue weighted by atomic mass is 79.9. The first-order valence-electron chi connectivity index (χ1n) is 5.38. The largest absolute Gasteiger partial charge is 0.260 e. The molecule has 2 heterocycles. The Morgan fingerprint density at radius 2 is 1.88 bits per heavy atom. The molecule has 0 aliphatic carbocycles. The fraction of sp³-hybridized carbons (Fsp3) is 0.0714. The fourth-order valence-corrected chi connectivity index (χ4v) is 2.96. The van der Waals surface area contributed by atoms with Crippen molar-refractivity contribution in [2.24, 2.45) is 0 Å². The lowest BCUT2D eigenvalue weighted by Crippen LogP contribution is -1.91. The lowest BCUT2D eigenvalue weighted by atomic mass is 10.1. The molecule has 0 aliphatic rings. The summed E-state index contributed by atoms with van der Waals surface area (Å²) in [5, 5.41) is 3.40. The molecule has 0 aliphatic heterocycles. The number of rotatable bonds is 2. The summed E-state index contributed by atoms with van der Waals surface area (Å²) >= 11 is 5.22. The van der Waals surface area contributed by atoms with Gasteiger partial charge in [-0.25, -0.2) is 0 Å². The Bertz CT molecular complexity index is 643. The zero-order chi connectivity index (χ0) is 11.7. The van der Waals surface area contributed by atoms with Crippen LogP contribution in [0.2, 0.25) is 0 Å². The minimum atomic E-state index is 0.890. The average molecular weight is 304 g/mol. The van der Waals surface area contributed by atoms with Gasteiger partial charge >= 0.3 is 0 Å². The Morgan fingerprint density at radius 1 is 1.06 bits per heavy atom. The third kappa shape index (κ3) is 2.26. The number of fused-ring (bicyclic) bond motifs is 1. The molecule has 0 bridgehead atoms. The smallest absolute Gasteiger partial charge is 0.0534 e. The van der Waals surface area contributed by atoms with E-state index in [4.69, 9.17) is 0 Å². The van der Waals surface area contributed by atoms with Crippen molar-refractivity contribution in [1.82, 2.24) is 4.98 Å². The molecule has 3 aromatic rings. The van der Waals surface area contributed by atoms with Crippen molar-refractivity contribution < 1.29 is 0 Å². The molecule has 84 valence electrons. The molecule has 0 unspecified atom stereocenters. The Hall–Kier alpha value is -1.19. The molecule has 0 radical (unpaired) electrons. The van der Waals surface area contributed by atoms with E-state index in [9.17, 15) is 0 Å². The van der Waals surface area contributed by atoms with Crippen molar-refractivity contribution in [2.45, 2.75) is 6.42 Å². The van der Waals surface area contributed by atoms with Crippen LogP contribution in [0.4, 0.5) is 0 Å². The number of benzene rings is 1. The molecule has 0 N–H and O–H groups in total. The van der Waals surface area contributed by atoms with Crippen LogP contribution in [-0.4, -0.2) is 4.98 Å². The van der Waals surface area contributed by atoms with Gasteiger partial charge in [0.05, 0.1) is 5.69 Å². The van der Waals surface area contributed by atoms with Crippen LogP contribution in [0, 0.1) is 0 Å². The van der Waals surface area contributed by atoms with Crippen LogP contribution in [0.1, 0.15) is 11.3 Å². The van der Waals surface area contributed by atoms with Gasteiger partial charge in [-0.1, -0.05) is 28.1 Å². The van der Waals surface area contributed by atoms with Gasteiger partial charge < -0.3 is 0 Å². The highest BCUT2D eigenvalue weighted by Gasteiger charge is 2.04. The predicted molar refractivity (Wildman–Crippen MR) is 76.6 cm³/mol. The number of halogens is 1. The summed E-state index contributed by atoms with van der Waals surface area (Å²) in [5.74, 6) is 0. The van der Waals surface area contributed by atoms with Crippen molar-refractivity contribution >= 4 is 37.4 Å². The Kier molecular flexibility index (Phi) is 2.95. The molecule has 0 spiro atoms. The van der Waals surface area contributed by atoms with E-state index in [1.807, 2.05) is 6.20 Å². The maximum absolute atomic E-state index is 4.49. The Morgan fingerprint density at radius 3 is 2.71 bits per heavy atom. The van der Waals surface area contributed by atoms with Crippen LogP contribution in [0.3, 0.4) is 0 Å². The summed E-state index contributed by atoms with van der Waals surface area (Å²) in [7, 11) is 0. The fourth-order valence-electron chi connectivity index (χ4n) is 1.89. The minimum absolute atomic E-state index is 0.890. The van der Waals surface area contributed by atoms with E-state index >= 15 is 0 Å². The second-order valence-corrected chi connectivity index (χ2v) is 5.76. The molecule has 1 aromatic carbocycles. The summed E-state index contributed by atoms with van der Waals surface area (Å²) in [6.07, 6.45) is 2.79. The van der Waals surface area contributed by atoms with Crippen molar-refractivity contribution in [3.05, 3.63) is 63.7 Å². The van der Waals surface area contributed by atoms with Crippen LogP contribution in [0.5, 0.6) is 0 Å². The third-order valence-corrected chi connectivity index (χ3v) is 4.16. The predicted octanol–water partition coefficient (Wildman–Crippen LogP) is 4.65. The van der Waals surface area contributed by atoms with Crippen molar-refractivity contribution in [3.8, 4) is 0 Å². The Labute approximate surface area is 112 Å². The van der Waals surface area contributed by atoms with Crippen LogP contribution < -0.4 is 0 Å². The number of pyridine rings is 1. The van der Waals surface area contributed by atoms with Gasteiger partial charge in [0.1, 0.15) is 0 Å². The first-order chi connectivity index (χ1) is 8.33. The van der Waals surface area contributed by atoms with Gasteiger partial charge in [-0.3, -0.25) is 4.98 Å². The molecular formula is C14H10BrNS. The summed E-state index contributed by atoms with van der Waals surface area (Å²) in [5.41, 5.74) is 2.45. The highest BCUT2D eigenvalue weighted by Crippen LogP contribution is 2.24. The number of nitrogens with zero attached hydrogens (tertiary/aromatic N) is 1. The summed E-state index contributed by atoms with van der Waals surface area (Å²) in [4.78, 5) is 4.49. The molecule has 0 atom stereocenters. The number of aromatic nitrogens is 1. The molecule has 2 aromatic heterocycles. The van der Waals surface area contributed by atoms with Gasteiger partial charge in [0.15, 0.2) is 0 Å². The second kappa shape index (κ2) is 4.59. The van der Waals surface area contributed by atoms with E-state index in [0.29, 0.717) is 0 Å². The first-order valence-corrected chi connectivity index (χ1v) is 7.06. The molecule has 0 saturated heterocycles. The number of thiophene rings is 1. The monoisotopic (exact) mass is 303 g/mol. The lowest BCUT2D eigenvalue weighted by Gasteiger charge is -2.03. The highest BCUT2D eigenvalue weighted by molar-refractivity contribution is 9.10. The third-order valence-electron chi connectivity index (χ3n) is 2.75. The van der Waals surface area contributed by atoms with Gasteiger partial charge in [-0.05, 0) is 35.2 Å². The van der Waals surface area contributed by atoms with Gasteiger partial charge in [-0.15, -0.1) is 11.3 Å². The van der Waals surface area contributed by atoms with E-state index < -0.39 is 0 Å². The molecule has 3 heteroatoms. The first kappa shape index (κ1) is 10.9. The van der Waals surface area contributed by atoms with Gasteiger partial charge in [0.25, 0.3) is 0 Å². The quantitative estimate of drug-likeness (QED) is 0.671. The van der Waals surface area contributed by atoms with Gasteiger partial charge in [-0.2, -0.15) is 0 Å². The maximum Gasteiger partial charge on any atom is 0.0534 e. The standard InChI is InChI=1S/C14H10BrNS/c15-11-3-1-10(2-4-11)9-13-12-6-8-17-14(12)5-7-16-13/h1-8H,9H2. The van der Waals surface area contributed by atoms with Crippen LogP contribution in [0.15, 0.2) is 52.4 Å². The van der Waals surface area contributed by atoms with Crippen LogP contribution >= 0.6 is 27.3 Å². The maximum atomic E-state index is 4.49. The molecular weight excluding hydrogens is 294 g/mol. The number of hydrogen-bond acceptors (Lipinski definition) is 2. The molecule has 0 amide bonds. The SMILES string of the molecule is Brc1ccc(Cc2nccc3sccc23)cc1. The zero-order valence-corrected chi connectivity index (χ0v) is 11.5. The normalized spacial score (nSPS) is 10.9. The van der Waals surface area contributed by atoms with E-state index in [1.54, 1.807) is 11.3 Å². The average Bonchev–Trinajstić information content (AvgIpc) is 2.81. The zero-order valence-electron chi connectivity index (χ0n) is 9.06. The van der Waals surface area contributed by atoms with Crippen LogP contribution in [-0.2, 0) is 6.42 Å². The van der Waals surface area contributed by atoms with E-state index in [-0.39, 0.29) is 0 Å². The molecule has 3 rings (SSSR count). The topological polar surface area (TPSA) is 12.9 Å². The second-order valence-electron chi connectivity index (χ2n) is 3.89. The Balaban J connectivity index is 1.99. The van der Waals surface area contributed by atoms with Gasteiger partial charge in [0, 0.05) is 27.2 Å². The van der Waals surface area contributed by atoms with E-state index in [0.717, 1.165) is 16.6 Å². The van der Waals surface area contributed by atoms with E-state index in [1.165, 1.54) is 15.6 Å². The summed E-state index contributed by atoms with van der Waals surface area (Å²) in [6, 6.07) is 12.6.